The van der Waals surface area contributed by atoms with Gasteiger partial charge in [0.2, 0.25) is 5.70 Å². The SMILES string of the molecule is C=[N+]1NC(C)C(c2ccc(-c3cc4nc(Oc5ccc(C)c(C(=O)O)c5)[nH]c4cc3Cl)cc2)=C1C. The zero-order valence-corrected chi connectivity index (χ0v) is 20.3. The summed E-state index contributed by atoms with van der Waals surface area (Å²) >= 11 is 6.62. The number of hydrazone groups is 1. The normalized spacial score (nSPS) is 15.5. The van der Waals surface area contributed by atoms with Gasteiger partial charge in [-0.15, -0.1) is 0 Å². The second-order valence-electron chi connectivity index (χ2n) is 8.63. The van der Waals surface area contributed by atoms with E-state index < -0.39 is 5.97 Å². The van der Waals surface area contributed by atoms with Gasteiger partial charge in [0.25, 0.3) is 6.01 Å². The highest BCUT2D eigenvalue weighted by molar-refractivity contribution is 6.34. The van der Waals surface area contributed by atoms with Crippen LogP contribution in [0.15, 0.2) is 60.3 Å². The van der Waals surface area contributed by atoms with Crippen molar-refractivity contribution in [1.29, 1.82) is 0 Å². The van der Waals surface area contributed by atoms with Crippen molar-refractivity contribution in [3.8, 4) is 22.9 Å². The molecule has 0 saturated carbocycles. The fourth-order valence-electron chi connectivity index (χ4n) is 4.43. The van der Waals surface area contributed by atoms with E-state index in [-0.39, 0.29) is 17.6 Å². The van der Waals surface area contributed by atoms with Crippen molar-refractivity contribution >= 4 is 40.9 Å². The Morgan fingerprint density at radius 2 is 1.83 bits per heavy atom. The summed E-state index contributed by atoms with van der Waals surface area (Å²) in [5.74, 6) is -0.621. The molecule has 0 bridgehead atoms. The van der Waals surface area contributed by atoms with Gasteiger partial charge in [-0.2, -0.15) is 10.4 Å². The van der Waals surface area contributed by atoms with Gasteiger partial charge in [0.15, 0.2) is 6.72 Å². The number of H-pyrrole nitrogens is 1. The van der Waals surface area contributed by atoms with E-state index in [1.807, 2.05) is 31.2 Å². The van der Waals surface area contributed by atoms with Gasteiger partial charge in [0, 0.05) is 12.5 Å². The first-order valence-corrected chi connectivity index (χ1v) is 11.5. The molecule has 5 rings (SSSR count). The lowest BCUT2D eigenvalue weighted by Gasteiger charge is -2.08. The minimum Gasteiger partial charge on any atom is -0.478 e. The van der Waals surface area contributed by atoms with Gasteiger partial charge >= 0.3 is 5.97 Å². The number of rotatable bonds is 5. The average Bonchev–Trinajstić information content (AvgIpc) is 3.32. The standard InChI is InChI=1S/C27H23ClN4O3/c1-14-5-10-19(11-20(14)26(33)34)35-27-29-23-12-21(22(28)13-24(23)30-27)17-6-8-18(9-7-17)25-15(2)31-32(4)16(25)3/h5-13,15,31H,4H2,1-3H3,(H-,29,30,33,34)/p+1. The molecule has 0 amide bonds. The predicted octanol–water partition coefficient (Wildman–Crippen LogP) is 6.03. The molecule has 0 spiro atoms. The molecule has 3 aromatic carbocycles. The Kier molecular flexibility index (Phi) is 5.57. The zero-order chi connectivity index (χ0) is 24.9. The Morgan fingerprint density at radius 3 is 2.49 bits per heavy atom. The fraction of sp³-hybridized carbons (Fsp3) is 0.148. The topological polar surface area (TPSA) is 90.2 Å². The second-order valence-corrected chi connectivity index (χ2v) is 9.04. The molecular formula is C27H24ClN4O3+. The van der Waals surface area contributed by atoms with E-state index in [4.69, 9.17) is 16.3 Å². The maximum absolute atomic E-state index is 11.4. The number of aromatic amines is 1. The van der Waals surface area contributed by atoms with E-state index in [1.165, 1.54) is 11.6 Å². The number of allylic oxidation sites excluding steroid dienone is 1. The summed E-state index contributed by atoms with van der Waals surface area (Å²) in [5, 5.41) is 9.93. The van der Waals surface area contributed by atoms with E-state index >= 15 is 0 Å². The lowest BCUT2D eigenvalue weighted by molar-refractivity contribution is -0.524. The third-order valence-corrected chi connectivity index (χ3v) is 6.60. The number of aryl methyl sites for hydroxylation is 1. The van der Waals surface area contributed by atoms with E-state index in [1.54, 1.807) is 23.7 Å². The molecule has 176 valence electrons. The van der Waals surface area contributed by atoms with Crippen LogP contribution in [-0.4, -0.2) is 38.5 Å². The first kappa shape index (κ1) is 22.7. The van der Waals surface area contributed by atoms with Crippen molar-refractivity contribution in [3.63, 3.8) is 0 Å². The molecule has 35 heavy (non-hydrogen) atoms. The summed E-state index contributed by atoms with van der Waals surface area (Å²) < 4.78 is 7.60. The first-order chi connectivity index (χ1) is 16.7. The van der Waals surface area contributed by atoms with Crippen LogP contribution in [0.2, 0.25) is 5.02 Å². The van der Waals surface area contributed by atoms with Crippen LogP contribution < -0.4 is 10.2 Å². The van der Waals surface area contributed by atoms with Gasteiger partial charge < -0.3 is 14.8 Å². The van der Waals surface area contributed by atoms with Gasteiger partial charge in [-0.05, 0) is 54.8 Å². The monoisotopic (exact) mass is 487 g/mol. The highest BCUT2D eigenvalue weighted by Crippen LogP contribution is 2.35. The largest absolute Gasteiger partial charge is 0.478 e. The Bertz CT molecular complexity index is 1540. The third-order valence-electron chi connectivity index (χ3n) is 6.29. The third kappa shape index (κ3) is 4.15. The van der Waals surface area contributed by atoms with E-state index in [2.05, 4.69) is 41.2 Å². The molecular weight excluding hydrogens is 464 g/mol. The van der Waals surface area contributed by atoms with Crippen LogP contribution in [0.25, 0.3) is 27.7 Å². The minimum absolute atomic E-state index is 0.181. The number of halogens is 1. The maximum Gasteiger partial charge on any atom is 0.336 e. The molecule has 8 heteroatoms. The van der Waals surface area contributed by atoms with Crippen molar-refractivity contribution in [3.05, 3.63) is 82.0 Å². The molecule has 4 aromatic rings. The Hall–Kier alpha value is -4.10. The summed E-state index contributed by atoms with van der Waals surface area (Å²) in [5.41, 5.74) is 10.8. The minimum atomic E-state index is -1.01. The van der Waals surface area contributed by atoms with Crippen LogP contribution in [-0.2, 0) is 0 Å². The van der Waals surface area contributed by atoms with Crippen LogP contribution >= 0.6 is 11.6 Å². The van der Waals surface area contributed by atoms with Gasteiger partial charge in [-0.25, -0.2) is 4.79 Å². The molecule has 1 aliphatic rings. The maximum atomic E-state index is 11.4. The number of hydrogen-bond acceptors (Lipinski definition) is 4. The molecule has 2 heterocycles. The Labute approximate surface area is 207 Å². The van der Waals surface area contributed by atoms with Crippen LogP contribution in [0.4, 0.5) is 0 Å². The molecule has 0 radical (unpaired) electrons. The number of nitrogens with one attached hydrogen (secondary N) is 2. The molecule has 0 fully saturated rings. The molecule has 1 unspecified atom stereocenters. The van der Waals surface area contributed by atoms with Crippen molar-refractivity contribution in [2.24, 2.45) is 0 Å². The summed E-state index contributed by atoms with van der Waals surface area (Å²) in [4.78, 5) is 19.0. The van der Waals surface area contributed by atoms with Crippen LogP contribution in [0.3, 0.4) is 0 Å². The number of fused-ring (bicyclic) bond motifs is 1. The quantitative estimate of drug-likeness (QED) is 0.299. The summed E-state index contributed by atoms with van der Waals surface area (Å²) in [6.07, 6.45) is 0. The van der Waals surface area contributed by atoms with Gasteiger partial charge in [-0.3, -0.25) is 0 Å². The second kappa shape index (κ2) is 8.60. The highest BCUT2D eigenvalue weighted by atomic mass is 35.5. The Morgan fingerprint density at radius 1 is 1.11 bits per heavy atom. The van der Waals surface area contributed by atoms with Crippen molar-refractivity contribution < 1.29 is 19.3 Å². The van der Waals surface area contributed by atoms with Crippen molar-refractivity contribution in [2.75, 3.05) is 0 Å². The molecule has 0 aliphatic carbocycles. The van der Waals surface area contributed by atoms with Crippen LogP contribution in [0, 0.1) is 6.92 Å². The number of nitrogens with zero attached hydrogens (tertiary/aromatic N) is 2. The van der Waals surface area contributed by atoms with Crippen LogP contribution in [0.5, 0.6) is 11.8 Å². The first-order valence-electron chi connectivity index (χ1n) is 11.1. The number of benzene rings is 3. The van der Waals surface area contributed by atoms with Crippen LogP contribution in [0.1, 0.15) is 35.3 Å². The number of ether oxygens (including phenoxy) is 1. The van der Waals surface area contributed by atoms with Crippen molar-refractivity contribution in [1.82, 2.24) is 15.4 Å². The number of carbonyl (C=O) groups is 1. The number of carboxylic acids is 1. The molecule has 1 aromatic heterocycles. The summed E-state index contributed by atoms with van der Waals surface area (Å²) in [6.45, 7) is 9.89. The molecule has 1 aliphatic heterocycles. The number of hydrogen-bond donors (Lipinski definition) is 3. The number of carboxylic acid groups (broad SMARTS) is 1. The van der Waals surface area contributed by atoms with Gasteiger partial charge in [-0.1, -0.05) is 46.6 Å². The molecule has 3 N–H and O–H groups in total. The predicted molar refractivity (Wildman–Crippen MR) is 137 cm³/mol. The zero-order valence-electron chi connectivity index (χ0n) is 19.5. The Balaban J connectivity index is 1.45. The fourth-order valence-corrected chi connectivity index (χ4v) is 4.70. The number of aromatic carboxylic acids is 1. The smallest absolute Gasteiger partial charge is 0.336 e. The highest BCUT2D eigenvalue weighted by Gasteiger charge is 2.29. The van der Waals surface area contributed by atoms with E-state index in [9.17, 15) is 9.90 Å². The van der Waals surface area contributed by atoms with E-state index in [0.717, 1.165) is 27.9 Å². The van der Waals surface area contributed by atoms with Gasteiger partial charge in [0.1, 0.15) is 11.8 Å². The summed E-state index contributed by atoms with van der Waals surface area (Å²) in [7, 11) is 0. The summed E-state index contributed by atoms with van der Waals surface area (Å²) in [6, 6.07) is 17.3. The van der Waals surface area contributed by atoms with E-state index in [0.29, 0.717) is 21.9 Å². The lowest BCUT2D eigenvalue weighted by atomic mass is 9.96. The number of aromatic nitrogens is 2. The molecule has 1 atom stereocenters. The lowest BCUT2D eigenvalue weighted by Crippen LogP contribution is -2.26. The average molecular weight is 488 g/mol. The molecule has 0 saturated heterocycles. The van der Waals surface area contributed by atoms with Crippen molar-refractivity contribution in [2.45, 2.75) is 26.8 Å². The number of hydrazine groups is 1. The number of imidazole rings is 1. The van der Waals surface area contributed by atoms with Gasteiger partial charge in [0.05, 0.1) is 27.2 Å². The molecule has 7 nitrogen and oxygen atoms in total.